The molecule has 0 aliphatic carbocycles. The summed E-state index contributed by atoms with van der Waals surface area (Å²) >= 11 is 0. The lowest BCUT2D eigenvalue weighted by molar-refractivity contribution is -0.128. The molecule has 1 saturated heterocycles. The van der Waals surface area contributed by atoms with E-state index in [4.69, 9.17) is 15.3 Å². The minimum atomic E-state index is -0.426. The van der Waals surface area contributed by atoms with Gasteiger partial charge in [-0.3, -0.25) is 19.2 Å². The fraction of sp³-hybridized carbons (Fsp3) is 0.750. The van der Waals surface area contributed by atoms with E-state index in [1.165, 1.54) is 32.9 Å². The van der Waals surface area contributed by atoms with Crippen LogP contribution < -0.4 is 11.1 Å². The Bertz CT molecular complexity index is 314. The summed E-state index contributed by atoms with van der Waals surface area (Å²) in [6.45, 7) is 8.00. The van der Waals surface area contributed by atoms with Gasteiger partial charge in [-0.05, 0) is 45.3 Å². The van der Waals surface area contributed by atoms with Gasteiger partial charge >= 0.3 is 0 Å². The van der Waals surface area contributed by atoms with Crippen LogP contribution in [0.15, 0.2) is 0 Å². The molecule has 0 aromatic carbocycles. The van der Waals surface area contributed by atoms with Crippen molar-refractivity contribution in [2.45, 2.75) is 46.5 Å². The second-order valence-corrected chi connectivity index (χ2v) is 5.54. The molecule has 136 valence electrons. The van der Waals surface area contributed by atoms with Crippen LogP contribution in [0.2, 0.25) is 0 Å². The third-order valence-corrected chi connectivity index (χ3v) is 2.58. The molecule has 0 saturated carbocycles. The van der Waals surface area contributed by atoms with Crippen LogP contribution in [0, 0.1) is 5.92 Å². The second kappa shape index (κ2) is 20.2. The van der Waals surface area contributed by atoms with Crippen LogP contribution in [0.3, 0.4) is 0 Å². The molecule has 1 aliphatic heterocycles. The van der Waals surface area contributed by atoms with E-state index in [-0.39, 0.29) is 12.2 Å². The van der Waals surface area contributed by atoms with Gasteiger partial charge < -0.3 is 16.0 Å². The van der Waals surface area contributed by atoms with E-state index in [2.05, 4.69) is 31.1 Å². The van der Waals surface area contributed by atoms with Crippen LogP contribution >= 0.6 is 0 Å². The van der Waals surface area contributed by atoms with Gasteiger partial charge in [0.1, 0.15) is 0 Å². The maximum atomic E-state index is 10.1. The number of rotatable bonds is 5. The molecular weight excluding hydrogens is 298 g/mol. The summed E-state index contributed by atoms with van der Waals surface area (Å²) in [4.78, 5) is 40.1. The lowest BCUT2D eigenvalue weighted by atomic mass is 10.1. The summed E-state index contributed by atoms with van der Waals surface area (Å²) < 4.78 is 0. The first-order chi connectivity index (χ1) is 10.7. The topological polar surface area (TPSA) is 110 Å². The first-order valence-corrected chi connectivity index (χ1v) is 7.74. The number of ketones is 1. The molecule has 1 heterocycles. The minimum Gasteiger partial charge on any atom is -0.370 e. The van der Waals surface area contributed by atoms with E-state index in [1.54, 1.807) is 7.05 Å². The van der Waals surface area contributed by atoms with Crippen LogP contribution in [0.25, 0.3) is 0 Å². The standard InChI is InChI=1S/C6H13NO.C5H11N.C3H4O2.C2H5NO/c1-5(2)3-4-6(7)8;1-6-4-2-3-5-6;1-3(5)2-4;1-3-2-4/h5H,3-4H2,1-2H3,(H2,7,8);2-5H2,1H3;2H,1H3;2H,1H3,(H,3,4). The summed E-state index contributed by atoms with van der Waals surface area (Å²) in [7, 11) is 3.74. The van der Waals surface area contributed by atoms with Gasteiger partial charge in [-0.15, -0.1) is 0 Å². The number of hydrogen-bond donors (Lipinski definition) is 2. The van der Waals surface area contributed by atoms with Crippen molar-refractivity contribution in [2.24, 2.45) is 11.7 Å². The van der Waals surface area contributed by atoms with E-state index in [0.29, 0.717) is 18.7 Å². The molecule has 7 nitrogen and oxygen atoms in total. The molecule has 0 unspecified atom stereocenters. The molecule has 3 N–H and O–H groups in total. The highest BCUT2D eigenvalue weighted by atomic mass is 16.2. The maximum absolute atomic E-state index is 10.1. The molecule has 1 fully saturated rings. The van der Waals surface area contributed by atoms with E-state index in [0.717, 1.165) is 6.42 Å². The average Bonchev–Trinajstić information content (AvgIpc) is 2.97. The van der Waals surface area contributed by atoms with Gasteiger partial charge in [0.2, 0.25) is 12.3 Å². The molecule has 0 atom stereocenters. The molecule has 0 aromatic rings. The number of nitrogens with zero attached hydrogens (tertiary/aromatic N) is 1. The van der Waals surface area contributed by atoms with Gasteiger partial charge in [0.05, 0.1) is 0 Å². The van der Waals surface area contributed by atoms with E-state index in [9.17, 15) is 9.59 Å². The number of likely N-dealkylation sites (tertiary alicyclic amines) is 1. The molecule has 0 spiro atoms. The van der Waals surface area contributed by atoms with Gasteiger partial charge in [-0.1, -0.05) is 13.8 Å². The maximum Gasteiger partial charge on any atom is 0.217 e. The highest BCUT2D eigenvalue weighted by Crippen LogP contribution is 2.02. The minimum absolute atomic E-state index is 0.196. The molecule has 0 bridgehead atoms. The predicted octanol–water partition coefficient (Wildman–Crippen LogP) is 0.756. The molecule has 2 amide bonds. The zero-order chi connectivity index (χ0) is 18.7. The summed E-state index contributed by atoms with van der Waals surface area (Å²) in [5, 5.41) is 2.25. The quantitative estimate of drug-likeness (QED) is 0.571. The summed E-state index contributed by atoms with van der Waals surface area (Å²) in [5.74, 6) is -0.0359. The molecule has 23 heavy (non-hydrogen) atoms. The number of nitrogens with one attached hydrogen (secondary N) is 1. The lowest BCUT2D eigenvalue weighted by Crippen LogP contribution is -2.10. The summed E-state index contributed by atoms with van der Waals surface area (Å²) in [6.07, 6.45) is 5.17. The number of primary amides is 1. The molecule has 0 aromatic heterocycles. The zero-order valence-corrected chi connectivity index (χ0v) is 15.1. The first kappa shape index (κ1) is 26.2. The Morgan fingerprint density at radius 2 is 1.61 bits per heavy atom. The van der Waals surface area contributed by atoms with Gasteiger partial charge in [0.15, 0.2) is 12.1 Å². The van der Waals surface area contributed by atoms with Crippen LogP contribution in [0.1, 0.15) is 46.5 Å². The predicted molar refractivity (Wildman–Crippen MR) is 91.9 cm³/mol. The number of carbonyl (C=O) groups is 4. The Labute approximate surface area is 140 Å². The Kier molecular flexibility index (Phi) is 23.0. The van der Waals surface area contributed by atoms with Gasteiger partial charge in [0, 0.05) is 20.4 Å². The van der Waals surface area contributed by atoms with Gasteiger partial charge in [-0.2, -0.15) is 0 Å². The van der Waals surface area contributed by atoms with Crippen molar-refractivity contribution in [3.63, 3.8) is 0 Å². The number of hydrogen-bond acceptors (Lipinski definition) is 5. The van der Waals surface area contributed by atoms with Crippen molar-refractivity contribution in [1.29, 1.82) is 0 Å². The largest absolute Gasteiger partial charge is 0.370 e. The molecule has 1 rings (SSSR count). The van der Waals surface area contributed by atoms with Crippen LogP contribution in [0.5, 0.6) is 0 Å². The van der Waals surface area contributed by atoms with Crippen molar-refractivity contribution in [3.8, 4) is 0 Å². The average molecular weight is 331 g/mol. The van der Waals surface area contributed by atoms with Gasteiger partial charge in [0.25, 0.3) is 0 Å². The van der Waals surface area contributed by atoms with Crippen LogP contribution in [-0.2, 0) is 19.2 Å². The third kappa shape index (κ3) is 38.4. The fourth-order valence-electron chi connectivity index (χ4n) is 1.31. The second-order valence-electron chi connectivity index (χ2n) is 5.54. The Morgan fingerprint density at radius 3 is 1.70 bits per heavy atom. The Morgan fingerprint density at radius 1 is 1.22 bits per heavy atom. The van der Waals surface area contributed by atoms with Crippen molar-refractivity contribution >= 4 is 24.4 Å². The van der Waals surface area contributed by atoms with Crippen molar-refractivity contribution in [2.75, 3.05) is 27.2 Å². The number of nitrogens with two attached hydrogens (primary N) is 1. The summed E-state index contributed by atoms with van der Waals surface area (Å²) in [6, 6.07) is 0. The van der Waals surface area contributed by atoms with E-state index >= 15 is 0 Å². The van der Waals surface area contributed by atoms with E-state index in [1.807, 2.05) is 0 Å². The normalized spacial score (nSPS) is 12.4. The SMILES string of the molecule is CC(=O)C=O.CC(C)CCC(N)=O.CN1CCCC1.CNC=O. The molecular formula is C16H33N3O4. The highest BCUT2D eigenvalue weighted by Gasteiger charge is 2.03. The van der Waals surface area contributed by atoms with E-state index < -0.39 is 5.78 Å². The smallest absolute Gasteiger partial charge is 0.217 e. The Balaban J connectivity index is -0.000000240. The summed E-state index contributed by atoms with van der Waals surface area (Å²) in [5.41, 5.74) is 4.90. The number of Topliss-reactive ketones (excluding diaryl/α,β-unsaturated/α-hetero) is 1. The van der Waals surface area contributed by atoms with Crippen molar-refractivity contribution in [1.82, 2.24) is 10.2 Å². The zero-order valence-electron chi connectivity index (χ0n) is 15.1. The monoisotopic (exact) mass is 331 g/mol. The van der Waals surface area contributed by atoms with Gasteiger partial charge in [-0.25, -0.2) is 0 Å². The van der Waals surface area contributed by atoms with Crippen molar-refractivity contribution in [3.05, 3.63) is 0 Å². The molecule has 0 radical (unpaired) electrons. The first-order valence-electron chi connectivity index (χ1n) is 7.74. The number of amides is 2. The van der Waals surface area contributed by atoms with Crippen LogP contribution in [-0.4, -0.2) is 56.5 Å². The van der Waals surface area contributed by atoms with Crippen molar-refractivity contribution < 1.29 is 19.2 Å². The molecule has 1 aliphatic rings. The fourth-order valence-corrected chi connectivity index (χ4v) is 1.31. The third-order valence-electron chi connectivity index (χ3n) is 2.58. The Hall–Kier alpha value is -1.76. The number of aldehydes is 1. The van der Waals surface area contributed by atoms with Crippen LogP contribution in [0.4, 0.5) is 0 Å². The number of carbonyl (C=O) groups excluding carboxylic acids is 4. The lowest BCUT2D eigenvalue weighted by Gasteiger charge is -2.01. The molecule has 7 heteroatoms. The highest BCUT2D eigenvalue weighted by molar-refractivity contribution is 6.23.